The molecule has 5 heteroatoms. The van der Waals surface area contributed by atoms with Crippen LogP contribution in [0.5, 0.6) is 0 Å². The Morgan fingerprint density at radius 3 is 2.50 bits per heavy atom. The molecule has 0 aliphatic heterocycles. The number of furan rings is 1. The number of halogens is 1. The highest BCUT2D eigenvalue weighted by atomic mass is 35.7. The van der Waals surface area contributed by atoms with Gasteiger partial charge in [-0.25, -0.2) is 8.42 Å². The zero-order valence-corrected chi connectivity index (χ0v) is 10.5. The van der Waals surface area contributed by atoms with E-state index in [2.05, 4.69) is 0 Å². The van der Waals surface area contributed by atoms with Crippen LogP contribution in [0.3, 0.4) is 0 Å². The number of para-hydroxylation sites is 1. The van der Waals surface area contributed by atoms with Crippen molar-refractivity contribution in [1.82, 2.24) is 0 Å². The van der Waals surface area contributed by atoms with Crippen molar-refractivity contribution in [2.45, 2.75) is 18.6 Å². The van der Waals surface area contributed by atoms with E-state index in [-0.39, 0.29) is 0 Å². The van der Waals surface area contributed by atoms with Crippen LogP contribution in [-0.4, -0.2) is 8.42 Å². The van der Waals surface area contributed by atoms with Crippen molar-refractivity contribution < 1.29 is 12.8 Å². The number of hydrogen-bond acceptors (Lipinski definition) is 3. The Hall–Kier alpha value is -1.00. The smallest absolute Gasteiger partial charge is 0.242 e. The molecule has 16 heavy (non-hydrogen) atoms. The van der Waals surface area contributed by atoms with E-state index in [0.717, 1.165) is 5.39 Å². The number of fused-ring (bicyclic) bond motifs is 1. The predicted molar refractivity (Wildman–Crippen MR) is 64.0 cm³/mol. The van der Waals surface area contributed by atoms with E-state index in [4.69, 9.17) is 15.1 Å². The molecule has 0 bridgehead atoms. The SMILES string of the molecule is CC(C)(c1coc2ccccc12)S(=O)(=O)Cl. The minimum absolute atomic E-state index is 0.582. The Balaban J connectivity index is 2.74. The first-order chi connectivity index (χ1) is 7.34. The average Bonchev–Trinajstić information content (AvgIpc) is 2.59. The van der Waals surface area contributed by atoms with Crippen molar-refractivity contribution in [1.29, 1.82) is 0 Å². The van der Waals surface area contributed by atoms with Crippen LogP contribution >= 0.6 is 10.7 Å². The third-order valence-corrected chi connectivity index (χ3v) is 5.34. The number of rotatable bonds is 2. The summed E-state index contributed by atoms with van der Waals surface area (Å²) in [6.45, 7) is 3.12. The summed E-state index contributed by atoms with van der Waals surface area (Å²) in [5, 5.41) is 0.775. The van der Waals surface area contributed by atoms with Crippen molar-refractivity contribution in [3.63, 3.8) is 0 Å². The molecular formula is C11H11ClO3S. The van der Waals surface area contributed by atoms with E-state index in [0.29, 0.717) is 11.1 Å². The van der Waals surface area contributed by atoms with Crippen molar-refractivity contribution in [3.05, 3.63) is 36.1 Å². The first kappa shape index (κ1) is 11.5. The summed E-state index contributed by atoms with van der Waals surface area (Å²) in [7, 11) is 1.74. The molecule has 0 saturated heterocycles. The van der Waals surface area contributed by atoms with E-state index in [9.17, 15) is 8.42 Å². The van der Waals surface area contributed by atoms with Crippen molar-refractivity contribution in [2.75, 3.05) is 0 Å². The van der Waals surface area contributed by atoms with Crippen molar-refractivity contribution in [3.8, 4) is 0 Å². The molecule has 2 aromatic rings. The molecule has 2 rings (SSSR count). The van der Waals surface area contributed by atoms with Gasteiger partial charge in [0, 0.05) is 21.6 Å². The fraction of sp³-hybridized carbons (Fsp3) is 0.273. The third-order valence-electron chi connectivity index (χ3n) is 2.74. The summed E-state index contributed by atoms with van der Waals surface area (Å²) in [5.74, 6) is 0. The maximum Gasteiger partial charge on any atom is 0.242 e. The van der Waals surface area contributed by atoms with Gasteiger partial charge in [0.05, 0.1) is 6.26 Å². The molecule has 1 aromatic carbocycles. The van der Waals surface area contributed by atoms with Crippen LogP contribution in [0.2, 0.25) is 0 Å². The molecular weight excluding hydrogens is 248 g/mol. The number of hydrogen-bond donors (Lipinski definition) is 0. The minimum Gasteiger partial charge on any atom is -0.464 e. The van der Waals surface area contributed by atoms with Gasteiger partial charge >= 0.3 is 0 Å². The minimum atomic E-state index is -3.70. The zero-order valence-electron chi connectivity index (χ0n) is 8.90. The lowest BCUT2D eigenvalue weighted by Gasteiger charge is -2.19. The summed E-state index contributed by atoms with van der Waals surface area (Å²) in [4.78, 5) is 0. The van der Waals surface area contributed by atoms with Gasteiger partial charge in [0.1, 0.15) is 10.3 Å². The maximum atomic E-state index is 11.5. The van der Waals surface area contributed by atoms with Crippen LogP contribution in [-0.2, 0) is 13.8 Å². The van der Waals surface area contributed by atoms with E-state index in [1.165, 1.54) is 6.26 Å². The Morgan fingerprint density at radius 1 is 1.25 bits per heavy atom. The molecule has 1 heterocycles. The largest absolute Gasteiger partial charge is 0.464 e. The second-order valence-electron chi connectivity index (χ2n) is 4.09. The predicted octanol–water partition coefficient (Wildman–Crippen LogP) is 3.24. The molecule has 0 amide bonds. The second kappa shape index (κ2) is 3.50. The molecule has 0 radical (unpaired) electrons. The Labute approximate surface area is 98.4 Å². The second-order valence-corrected chi connectivity index (χ2v) is 7.21. The topological polar surface area (TPSA) is 47.3 Å². The molecule has 3 nitrogen and oxygen atoms in total. The van der Waals surface area contributed by atoms with Crippen LogP contribution in [0.15, 0.2) is 34.9 Å². The molecule has 0 fully saturated rings. The third kappa shape index (κ3) is 1.62. The average molecular weight is 259 g/mol. The lowest BCUT2D eigenvalue weighted by molar-refractivity contribution is 0.561. The van der Waals surface area contributed by atoms with Crippen LogP contribution in [0.4, 0.5) is 0 Å². The Kier molecular flexibility index (Phi) is 2.51. The molecule has 0 atom stereocenters. The lowest BCUT2D eigenvalue weighted by Crippen LogP contribution is -2.24. The first-order valence-corrected chi connectivity index (χ1v) is 7.06. The zero-order chi connectivity index (χ0) is 12.0. The highest BCUT2D eigenvalue weighted by molar-refractivity contribution is 8.14. The first-order valence-electron chi connectivity index (χ1n) is 4.75. The summed E-state index contributed by atoms with van der Waals surface area (Å²) >= 11 is 0. The standard InChI is InChI=1S/C11H11ClO3S/c1-11(2,16(12,13)14)9-7-15-10-6-4-3-5-8(9)10/h3-7H,1-2H3. The van der Waals surface area contributed by atoms with Gasteiger partial charge in [-0.1, -0.05) is 18.2 Å². The molecule has 0 N–H and O–H groups in total. The normalized spacial score (nSPS) is 13.2. The summed E-state index contributed by atoms with van der Waals surface area (Å²) in [6.07, 6.45) is 1.45. The van der Waals surface area contributed by atoms with E-state index in [1.54, 1.807) is 19.9 Å². The van der Waals surface area contributed by atoms with E-state index in [1.807, 2.05) is 18.2 Å². The molecule has 0 aliphatic carbocycles. The Bertz CT molecular complexity index is 625. The molecule has 0 unspecified atom stereocenters. The van der Waals surface area contributed by atoms with E-state index < -0.39 is 13.8 Å². The molecule has 0 saturated carbocycles. The van der Waals surface area contributed by atoms with Gasteiger partial charge in [-0.2, -0.15) is 0 Å². The maximum absolute atomic E-state index is 11.5. The fourth-order valence-corrected chi connectivity index (χ4v) is 2.25. The van der Waals surface area contributed by atoms with Crippen LogP contribution in [0.25, 0.3) is 11.0 Å². The lowest BCUT2D eigenvalue weighted by atomic mass is 10.0. The Morgan fingerprint density at radius 2 is 1.88 bits per heavy atom. The summed E-state index contributed by atoms with van der Waals surface area (Å²) in [5.41, 5.74) is 1.24. The number of benzene rings is 1. The molecule has 0 spiro atoms. The highest BCUT2D eigenvalue weighted by Crippen LogP contribution is 2.37. The van der Waals surface area contributed by atoms with Gasteiger partial charge in [-0.3, -0.25) is 0 Å². The van der Waals surface area contributed by atoms with Crippen LogP contribution in [0.1, 0.15) is 19.4 Å². The summed E-state index contributed by atoms with van der Waals surface area (Å²) in [6, 6.07) is 7.27. The fourth-order valence-electron chi connectivity index (χ4n) is 1.58. The molecule has 0 aliphatic rings. The quantitative estimate of drug-likeness (QED) is 0.777. The van der Waals surface area contributed by atoms with Gasteiger partial charge in [0.15, 0.2) is 0 Å². The molecule has 1 aromatic heterocycles. The van der Waals surface area contributed by atoms with Crippen LogP contribution in [0, 0.1) is 0 Å². The summed E-state index contributed by atoms with van der Waals surface area (Å²) < 4.78 is 27.2. The monoisotopic (exact) mass is 258 g/mol. The van der Waals surface area contributed by atoms with Gasteiger partial charge < -0.3 is 4.42 Å². The van der Waals surface area contributed by atoms with Gasteiger partial charge in [0.2, 0.25) is 9.05 Å². The van der Waals surface area contributed by atoms with Gasteiger partial charge in [-0.05, 0) is 19.9 Å². The van der Waals surface area contributed by atoms with Crippen molar-refractivity contribution >= 4 is 30.7 Å². The highest BCUT2D eigenvalue weighted by Gasteiger charge is 2.37. The van der Waals surface area contributed by atoms with Gasteiger partial charge in [0.25, 0.3) is 0 Å². The van der Waals surface area contributed by atoms with Crippen molar-refractivity contribution in [2.24, 2.45) is 0 Å². The molecule has 86 valence electrons. The van der Waals surface area contributed by atoms with Gasteiger partial charge in [-0.15, -0.1) is 0 Å². The van der Waals surface area contributed by atoms with E-state index >= 15 is 0 Å². The van der Waals surface area contributed by atoms with Crippen LogP contribution < -0.4 is 0 Å².